The van der Waals surface area contributed by atoms with E-state index in [2.05, 4.69) is 15.4 Å². The molecule has 0 saturated carbocycles. The average Bonchev–Trinajstić information content (AvgIpc) is 3.26. The van der Waals surface area contributed by atoms with Gasteiger partial charge < -0.3 is 10.2 Å². The first kappa shape index (κ1) is 18.8. The van der Waals surface area contributed by atoms with E-state index in [1.807, 2.05) is 6.92 Å². The Bertz CT molecular complexity index is 894. The third-order valence-electron chi connectivity index (χ3n) is 5.50. The van der Waals surface area contributed by atoms with Crippen LogP contribution < -0.4 is 5.32 Å². The lowest BCUT2D eigenvalue weighted by Crippen LogP contribution is -2.38. The molecule has 2 aliphatic rings. The van der Waals surface area contributed by atoms with Gasteiger partial charge in [-0.2, -0.15) is 18.3 Å². The molecule has 1 fully saturated rings. The van der Waals surface area contributed by atoms with Crippen molar-refractivity contribution in [2.75, 3.05) is 11.9 Å². The minimum atomic E-state index is -4.37. The van der Waals surface area contributed by atoms with Gasteiger partial charge >= 0.3 is 6.18 Å². The van der Waals surface area contributed by atoms with Gasteiger partial charge in [-0.25, -0.2) is 4.68 Å². The SMILES string of the molecule is Cc1cnccc1C(=O)N1CCC[C@@H]1c1cc2n(n1)[C@@H](C(F)(F)F)C[C@@H](C)N2. The Morgan fingerprint density at radius 3 is 2.86 bits per heavy atom. The summed E-state index contributed by atoms with van der Waals surface area (Å²) in [6, 6.07) is 1.05. The van der Waals surface area contributed by atoms with Gasteiger partial charge in [-0.05, 0) is 44.7 Å². The number of carbonyl (C=O) groups is 1. The molecule has 0 bridgehead atoms. The second-order valence-corrected chi connectivity index (χ2v) is 7.58. The summed E-state index contributed by atoms with van der Waals surface area (Å²) in [6.07, 6.45) is 0.232. The molecule has 0 radical (unpaired) electrons. The first-order valence-corrected chi connectivity index (χ1v) is 9.40. The predicted molar refractivity (Wildman–Crippen MR) is 97.0 cm³/mol. The molecule has 0 unspecified atom stereocenters. The van der Waals surface area contributed by atoms with Crippen molar-refractivity contribution in [3.8, 4) is 0 Å². The fourth-order valence-electron chi connectivity index (χ4n) is 4.13. The number of hydrogen-bond donors (Lipinski definition) is 1. The molecule has 28 heavy (non-hydrogen) atoms. The van der Waals surface area contributed by atoms with E-state index in [9.17, 15) is 18.0 Å². The van der Waals surface area contributed by atoms with Gasteiger partial charge in [0, 0.05) is 36.6 Å². The molecular weight excluding hydrogens is 371 g/mol. The normalized spacial score (nSPS) is 24.8. The minimum Gasteiger partial charge on any atom is -0.368 e. The summed E-state index contributed by atoms with van der Waals surface area (Å²) in [5.41, 5.74) is 1.84. The number of rotatable bonds is 2. The highest BCUT2D eigenvalue weighted by molar-refractivity contribution is 5.95. The van der Waals surface area contributed by atoms with Crippen LogP contribution in [0.5, 0.6) is 0 Å². The molecule has 6 nitrogen and oxygen atoms in total. The number of hydrogen-bond acceptors (Lipinski definition) is 4. The minimum absolute atomic E-state index is 0.0683. The summed E-state index contributed by atoms with van der Waals surface area (Å²) in [5.74, 6) is 0.220. The van der Waals surface area contributed by atoms with Crippen LogP contribution in [-0.4, -0.2) is 44.3 Å². The van der Waals surface area contributed by atoms with E-state index in [-0.39, 0.29) is 24.4 Å². The number of amides is 1. The van der Waals surface area contributed by atoms with E-state index in [4.69, 9.17) is 0 Å². The molecule has 2 aliphatic heterocycles. The molecule has 2 aromatic rings. The fourth-order valence-corrected chi connectivity index (χ4v) is 4.13. The summed E-state index contributed by atoms with van der Waals surface area (Å²) in [7, 11) is 0. The van der Waals surface area contributed by atoms with Gasteiger partial charge in [0.15, 0.2) is 6.04 Å². The summed E-state index contributed by atoms with van der Waals surface area (Å²) < 4.78 is 41.5. The van der Waals surface area contributed by atoms with Gasteiger partial charge in [-0.15, -0.1) is 0 Å². The van der Waals surface area contributed by atoms with Crippen LogP contribution in [0.4, 0.5) is 19.0 Å². The van der Waals surface area contributed by atoms with E-state index in [0.29, 0.717) is 30.0 Å². The summed E-state index contributed by atoms with van der Waals surface area (Å²) >= 11 is 0. The van der Waals surface area contributed by atoms with Crippen LogP contribution in [-0.2, 0) is 0 Å². The first-order chi connectivity index (χ1) is 13.3. The van der Waals surface area contributed by atoms with Gasteiger partial charge in [-0.1, -0.05) is 0 Å². The number of fused-ring (bicyclic) bond motifs is 1. The number of pyridine rings is 1. The lowest BCUT2D eigenvalue weighted by atomic mass is 10.1. The molecule has 0 spiro atoms. The Morgan fingerprint density at radius 1 is 1.36 bits per heavy atom. The Morgan fingerprint density at radius 2 is 2.14 bits per heavy atom. The highest BCUT2D eigenvalue weighted by atomic mass is 19.4. The van der Waals surface area contributed by atoms with E-state index in [1.54, 1.807) is 36.4 Å². The number of carbonyl (C=O) groups excluding carboxylic acids is 1. The lowest BCUT2D eigenvalue weighted by molar-refractivity contribution is -0.173. The Hall–Kier alpha value is -2.58. The van der Waals surface area contributed by atoms with Crippen LogP contribution in [0.2, 0.25) is 0 Å². The monoisotopic (exact) mass is 393 g/mol. The summed E-state index contributed by atoms with van der Waals surface area (Å²) in [5, 5.41) is 7.37. The summed E-state index contributed by atoms with van der Waals surface area (Å²) in [6.45, 7) is 4.10. The van der Waals surface area contributed by atoms with Gasteiger partial charge in [0.1, 0.15) is 5.82 Å². The maximum atomic E-state index is 13.5. The smallest absolute Gasteiger partial charge is 0.368 e. The topological polar surface area (TPSA) is 63.1 Å². The number of nitrogens with one attached hydrogen (secondary N) is 1. The maximum absolute atomic E-state index is 13.5. The second-order valence-electron chi connectivity index (χ2n) is 7.58. The number of halogens is 3. The zero-order valence-corrected chi connectivity index (χ0v) is 15.7. The number of alkyl halides is 3. The largest absolute Gasteiger partial charge is 0.410 e. The molecule has 0 aliphatic carbocycles. The lowest BCUT2D eigenvalue weighted by Gasteiger charge is -2.31. The van der Waals surface area contributed by atoms with Crippen LogP contribution in [0, 0.1) is 6.92 Å². The number of nitrogens with zero attached hydrogens (tertiary/aromatic N) is 4. The molecule has 3 atom stereocenters. The van der Waals surface area contributed by atoms with Crippen molar-refractivity contribution in [2.45, 2.75) is 57.4 Å². The Kier molecular flexibility index (Phi) is 4.55. The van der Waals surface area contributed by atoms with Crippen molar-refractivity contribution in [3.63, 3.8) is 0 Å². The molecule has 9 heteroatoms. The number of anilines is 1. The van der Waals surface area contributed by atoms with Crippen molar-refractivity contribution >= 4 is 11.7 Å². The van der Waals surface area contributed by atoms with Crippen molar-refractivity contribution in [2.24, 2.45) is 0 Å². The zero-order valence-electron chi connectivity index (χ0n) is 15.7. The third kappa shape index (κ3) is 3.22. The molecule has 0 aromatic carbocycles. The number of likely N-dealkylation sites (tertiary alicyclic amines) is 1. The van der Waals surface area contributed by atoms with Gasteiger partial charge in [0.25, 0.3) is 5.91 Å². The second kappa shape index (κ2) is 6.79. The Labute approximate surface area is 160 Å². The zero-order chi connectivity index (χ0) is 20.1. The van der Waals surface area contributed by atoms with Gasteiger partial charge in [0.2, 0.25) is 0 Å². The summed E-state index contributed by atoms with van der Waals surface area (Å²) in [4.78, 5) is 18.8. The number of aromatic nitrogens is 3. The molecule has 4 rings (SSSR count). The molecule has 1 saturated heterocycles. The number of aryl methyl sites for hydroxylation is 1. The maximum Gasteiger partial charge on any atom is 0.410 e. The van der Waals surface area contributed by atoms with Crippen LogP contribution in [0.25, 0.3) is 0 Å². The molecule has 4 heterocycles. The van der Waals surface area contributed by atoms with Crippen molar-refractivity contribution in [3.05, 3.63) is 41.3 Å². The van der Waals surface area contributed by atoms with Crippen LogP contribution >= 0.6 is 0 Å². The van der Waals surface area contributed by atoms with Crippen molar-refractivity contribution < 1.29 is 18.0 Å². The van der Waals surface area contributed by atoms with Crippen LogP contribution in [0.1, 0.15) is 59.9 Å². The highest BCUT2D eigenvalue weighted by Crippen LogP contribution is 2.41. The average molecular weight is 393 g/mol. The molecule has 1 N–H and O–H groups in total. The first-order valence-electron chi connectivity index (χ1n) is 9.40. The van der Waals surface area contributed by atoms with Gasteiger partial charge in [-0.3, -0.25) is 9.78 Å². The van der Waals surface area contributed by atoms with E-state index < -0.39 is 12.2 Å². The van der Waals surface area contributed by atoms with Crippen LogP contribution in [0.3, 0.4) is 0 Å². The van der Waals surface area contributed by atoms with E-state index >= 15 is 0 Å². The Balaban J connectivity index is 1.66. The van der Waals surface area contributed by atoms with Crippen molar-refractivity contribution in [1.29, 1.82) is 0 Å². The fraction of sp³-hybridized carbons (Fsp3) is 0.526. The van der Waals surface area contributed by atoms with Crippen LogP contribution in [0.15, 0.2) is 24.5 Å². The molecule has 1 amide bonds. The predicted octanol–water partition coefficient (Wildman–Crippen LogP) is 3.87. The molecular formula is C19H22F3N5O. The quantitative estimate of drug-likeness (QED) is 0.841. The molecule has 2 aromatic heterocycles. The van der Waals surface area contributed by atoms with Crippen molar-refractivity contribution in [1.82, 2.24) is 19.7 Å². The molecule has 150 valence electrons. The highest BCUT2D eigenvalue weighted by Gasteiger charge is 2.46. The van der Waals surface area contributed by atoms with Gasteiger partial charge in [0.05, 0.1) is 11.7 Å². The van der Waals surface area contributed by atoms with E-state index in [0.717, 1.165) is 16.7 Å². The standard InChI is InChI=1S/C19H22F3N5O/c1-11-10-23-6-5-13(11)18(28)26-7-3-4-15(26)14-9-17-24-12(2)8-16(19(20,21)22)27(17)25-14/h5-6,9-10,12,15-16,24H,3-4,7-8H2,1-2H3/t12-,15-,16-/m1/s1. The van der Waals surface area contributed by atoms with E-state index in [1.165, 1.54) is 0 Å². The third-order valence-corrected chi connectivity index (χ3v) is 5.50.